The molecule has 2 rings (SSSR count). The third-order valence-corrected chi connectivity index (χ3v) is 2.94. The highest BCUT2D eigenvalue weighted by Gasteiger charge is 2.28. The maximum absolute atomic E-state index is 11.3. The van der Waals surface area contributed by atoms with E-state index in [1.165, 1.54) is 20.0 Å². The molecule has 1 unspecified atom stereocenters. The molecule has 1 aromatic heterocycles. The average Bonchev–Trinajstić information content (AvgIpc) is 3.04. The Hall–Kier alpha value is -1.36. The summed E-state index contributed by atoms with van der Waals surface area (Å²) in [6, 6.07) is 0.557. The van der Waals surface area contributed by atoms with Gasteiger partial charge in [-0.15, -0.1) is 0 Å². The topological polar surface area (TPSA) is 56.1 Å². The Morgan fingerprint density at radius 1 is 1.75 bits per heavy atom. The summed E-state index contributed by atoms with van der Waals surface area (Å²) in [5, 5.41) is 3.13. The number of esters is 1. The average molecular weight is 223 g/mol. The van der Waals surface area contributed by atoms with E-state index in [0.29, 0.717) is 12.5 Å². The molecule has 1 N–H and O–H groups in total. The smallest absolute Gasteiger partial charge is 0.307 e. The molecule has 0 aromatic carbocycles. The minimum Gasteiger partial charge on any atom is -0.469 e. The van der Waals surface area contributed by atoms with Crippen LogP contribution < -0.4 is 5.32 Å². The summed E-state index contributed by atoms with van der Waals surface area (Å²) in [5.74, 6) is -0.206. The van der Waals surface area contributed by atoms with E-state index in [2.05, 4.69) is 19.6 Å². The maximum atomic E-state index is 11.3. The van der Waals surface area contributed by atoms with E-state index < -0.39 is 0 Å². The quantitative estimate of drug-likeness (QED) is 0.758. The predicted octanol–water partition coefficient (Wildman–Crippen LogP) is 1.04. The standard InChI is InChI=1S/C11H17N3O2/c1-12-9(5-11(15)16-2)10-6-13-7-14(10)8-3-4-8/h6-9,12H,3-5H2,1-2H3. The second kappa shape index (κ2) is 4.65. The normalized spacial score (nSPS) is 17.1. The number of carbonyl (C=O) groups excluding carboxylic acids is 1. The number of aromatic nitrogens is 2. The second-order valence-electron chi connectivity index (χ2n) is 4.08. The van der Waals surface area contributed by atoms with Crippen molar-refractivity contribution in [2.75, 3.05) is 14.2 Å². The van der Waals surface area contributed by atoms with Gasteiger partial charge in [0.05, 0.1) is 31.6 Å². The molecule has 5 heteroatoms. The number of rotatable bonds is 5. The Morgan fingerprint density at radius 2 is 2.50 bits per heavy atom. The van der Waals surface area contributed by atoms with Gasteiger partial charge in [-0.2, -0.15) is 0 Å². The van der Waals surface area contributed by atoms with Gasteiger partial charge in [-0.1, -0.05) is 0 Å². The lowest BCUT2D eigenvalue weighted by Crippen LogP contribution is -2.23. The summed E-state index contributed by atoms with van der Waals surface area (Å²) in [5.41, 5.74) is 1.07. The molecule has 1 aliphatic rings. The van der Waals surface area contributed by atoms with Crippen LogP contribution in [0.5, 0.6) is 0 Å². The van der Waals surface area contributed by atoms with Crippen LogP contribution in [0.25, 0.3) is 0 Å². The molecule has 16 heavy (non-hydrogen) atoms. The fraction of sp³-hybridized carbons (Fsp3) is 0.636. The monoisotopic (exact) mass is 223 g/mol. The summed E-state index contributed by atoms with van der Waals surface area (Å²) in [7, 11) is 3.26. The van der Waals surface area contributed by atoms with Crippen LogP contribution in [0.15, 0.2) is 12.5 Å². The molecular formula is C11H17N3O2. The fourth-order valence-corrected chi connectivity index (χ4v) is 1.85. The first-order valence-electron chi connectivity index (χ1n) is 5.52. The maximum Gasteiger partial charge on any atom is 0.307 e. The van der Waals surface area contributed by atoms with Crippen LogP contribution in [0.3, 0.4) is 0 Å². The van der Waals surface area contributed by atoms with Crippen LogP contribution in [-0.2, 0) is 9.53 Å². The zero-order valence-electron chi connectivity index (χ0n) is 9.64. The Balaban J connectivity index is 2.12. The highest BCUT2D eigenvalue weighted by Crippen LogP contribution is 2.37. The Kier molecular flexibility index (Phi) is 3.24. The number of nitrogens with zero attached hydrogens (tertiary/aromatic N) is 2. The molecule has 0 amide bonds. The Labute approximate surface area is 94.8 Å². The number of carbonyl (C=O) groups is 1. The van der Waals surface area contributed by atoms with Crippen molar-refractivity contribution in [2.45, 2.75) is 31.3 Å². The highest BCUT2D eigenvalue weighted by molar-refractivity contribution is 5.70. The van der Waals surface area contributed by atoms with Crippen LogP contribution in [-0.4, -0.2) is 29.7 Å². The van der Waals surface area contributed by atoms with Crippen LogP contribution >= 0.6 is 0 Å². The van der Waals surface area contributed by atoms with Gasteiger partial charge < -0.3 is 14.6 Å². The van der Waals surface area contributed by atoms with Crippen molar-refractivity contribution in [3.05, 3.63) is 18.2 Å². The van der Waals surface area contributed by atoms with E-state index in [-0.39, 0.29) is 12.0 Å². The first kappa shape index (κ1) is 11.1. The van der Waals surface area contributed by atoms with E-state index in [0.717, 1.165) is 5.69 Å². The number of methoxy groups -OCH3 is 1. The molecule has 5 nitrogen and oxygen atoms in total. The van der Waals surface area contributed by atoms with Crippen molar-refractivity contribution in [1.29, 1.82) is 0 Å². The third kappa shape index (κ3) is 2.24. The molecule has 0 aliphatic heterocycles. The zero-order chi connectivity index (χ0) is 11.5. The summed E-state index contributed by atoms with van der Waals surface area (Å²) in [6.07, 6.45) is 6.42. The van der Waals surface area contributed by atoms with Gasteiger partial charge in [0.1, 0.15) is 0 Å². The van der Waals surface area contributed by atoms with Gasteiger partial charge in [0.15, 0.2) is 0 Å². The first-order chi connectivity index (χ1) is 7.76. The van der Waals surface area contributed by atoms with Crippen molar-refractivity contribution >= 4 is 5.97 Å². The molecule has 0 radical (unpaired) electrons. The molecule has 1 heterocycles. The summed E-state index contributed by atoms with van der Waals surface area (Å²) >= 11 is 0. The zero-order valence-corrected chi connectivity index (χ0v) is 9.64. The summed E-state index contributed by atoms with van der Waals surface area (Å²) in [4.78, 5) is 15.4. The van der Waals surface area contributed by atoms with Gasteiger partial charge >= 0.3 is 5.97 Å². The van der Waals surface area contributed by atoms with Gasteiger partial charge in [-0.05, 0) is 19.9 Å². The molecule has 1 aliphatic carbocycles. The highest BCUT2D eigenvalue weighted by atomic mass is 16.5. The number of nitrogens with one attached hydrogen (secondary N) is 1. The van der Waals surface area contributed by atoms with Crippen LogP contribution in [0, 0.1) is 0 Å². The van der Waals surface area contributed by atoms with Crippen LogP contribution in [0.1, 0.15) is 37.0 Å². The minimum atomic E-state index is -0.206. The van der Waals surface area contributed by atoms with Crippen molar-refractivity contribution in [3.63, 3.8) is 0 Å². The van der Waals surface area contributed by atoms with Crippen molar-refractivity contribution < 1.29 is 9.53 Å². The van der Waals surface area contributed by atoms with Crippen molar-refractivity contribution in [3.8, 4) is 0 Å². The van der Waals surface area contributed by atoms with Gasteiger partial charge in [0.25, 0.3) is 0 Å². The first-order valence-corrected chi connectivity index (χ1v) is 5.52. The lowest BCUT2D eigenvalue weighted by Gasteiger charge is -2.16. The van der Waals surface area contributed by atoms with Gasteiger partial charge in [0, 0.05) is 12.2 Å². The van der Waals surface area contributed by atoms with E-state index in [1.807, 2.05) is 19.6 Å². The predicted molar refractivity (Wildman–Crippen MR) is 58.9 cm³/mol. The van der Waals surface area contributed by atoms with E-state index >= 15 is 0 Å². The molecule has 1 saturated carbocycles. The number of hydrogen-bond acceptors (Lipinski definition) is 4. The molecule has 1 atom stereocenters. The molecule has 1 aromatic rings. The Bertz CT molecular complexity index is 371. The van der Waals surface area contributed by atoms with E-state index in [4.69, 9.17) is 0 Å². The van der Waals surface area contributed by atoms with E-state index in [9.17, 15) is 4.79 Å². The van der Waals surface area contributed by atoms with Crippen LogP contribution in [0.4, 0.5) is 0 Å². The molecule has 88 valence electrons. The fourth-order valence-electron chi connectivity index (χ4n) is 1.85. The molecule has 0 bridgehead atoms. The number of imidazole rings is 1. The SMILES string of the molecule is CNC(CC(=O)OC)c1cncn1C1CC1. The molecular weight excluding hydrogens is 206 g/mol. The largest absolute Gasteiger partial charge is 0.469 e. The lowest BCUT2D eigenvalue weighted by atomic mass is 10.1. The van der Waals surface area contributed by atoms with Crippen LogP contribution in [0.2, 0.25) is 0 Å². The van der Waals surface area contributed by atoms with E-state index in [1.54, 1.807) is 0 Å². The third-order valence-electron chi connectivity index (χ3n) is 2.94. The number of ether oxygens (including phenoxy) is 1. The lowest BCUT2D eigenvalue weighted by molar-refractivity contribution is -0.141. The van der Waals surface area contributed by atoms with Gasteiger partial charge in [-0.25, -0.2) is 4.98 Å². The van der Waals surface area contributed by atoms with Crippen molar-refractivity contribution in [1.82, 2.24) is 14.9 Å². The molecule has 0 spiro atoms. The number of hydrogen-bond donors (Lipinski definition) is 1. The summed E-state index contributed by atoms with van der Waals surface area (Å²) < 4.78 is 6.84. The molecule has 1 fully saturated rings. The minimum absolute atomic E-state index is 0.0180. The van der Waals surface area contributed by atoms with Gasteiger partial charge in [-0.3, -0.25) is 4.79 Å². The summed E-state index contributed by atoms with van der Waals surface area (Å²) in [6.45, 7) is 0. The molecule has 0 saturated heterocycles. The van der Waals surface area contributed by atoms with Crippen molar-refractivity contribution in [2.24, 2.45) is 0 Å². The van der Waals surface area contributed by atoms with Gasteiger partial charge in [0.2, 0.25) is 0 Å². The second-order valence-corrected chi connectivity index (χ2v) is 4.08. The Morgan fingerprint density at radius 3 is 3.06 bits per heavy atom.